The van der Waals surface area contributed by atoms with Gasteiger partial charge in [-0.05, 0) is 11.4 Å². The van der Waals surface area contributed by atoms with Crippen LogP contribution in [0.15, 0.2) is 17.5 Å². The van der Waals surface area contributed by atoms with Crippen molar-refractivity contribution in [3.8, 4) is 0 Å². The largest absolute Gasteiger partial charge is 0.298 e. The molecule has 0 spiro atoms. The second-order valence-electron chi connectivity index (χ2n) is 4.31. The molecule has 1 saturated carbocycles. The summed E-state index contributed by atoms with van der Waals surface area (Å²) in [4.78, 5) is 36.4. The van der Waals surface area contributed by atoms with Gasteiger partial charge in [-0.2, -0.15) is 0 Å². The Labute approximate surface area is 104 Å². The van der Waals surface area contributed by atoms with Crippen molar-refractivity contribution in [2.24, 2.45) is 5.92 Å². The van der Waals surface area contributed by atoms with Crippen molar-refractivity contribution < 1.29 is 14.4 Å². The standard InChI is InChI=1S/C13H14O3S/c1-2-9(14)13-10(15)6-8(7-11(13)16)12-4-3-5-17-12/h3-5,8,13H,2,6-7H2,1H3. The van der Waals surface area contributed by atoms with E-state index in [1.165, 1.54) is 0 Å². The molecule has 0 saturated heterocycles. The number of rotatable bonds is 3. The van der Waals surface area contributed by atoms with Crippen molar-refractivity contribution in [2.75, 3.05) is 0 Å². The van der Waals surface area contributed by atoms with Crippen LogP contribution in [0.2, 0.25) is 0 Å². The molecule has 4 heteroatoms. The van der Waals surface area contributed by atoms with E-state index in [9.17, 15) is 14.4 Å². The molecule has 17 heavy (non-hydrogen) atoms. The maximum atomic E-state index is 11.9. The maximum Gasteiger partial charge on any atom is 0.151 e. The first-order valence-electron chi connectivity index (χ1n) is 5.75. The highest BCUT2D eigenvalue weighted by atomic mass is 32.1. The number of Topliss-reactive ketones (excluding diaryl/α,β-unsaturated/α-hetero) is 3. The molecule has 1 aromatic heterocycles. The van der Waals surface area contributed by atoms with E-state index in [0.717, 1.165) is 4.88 Å². The Morgan fingerprint density at radius 2 is 2.00 bits per heavy atom. The van der Waals surface area contributed by atoms with Crippen LogP contribution in [0.3, 0.4) is 0 Å². The van der Waals surface area contributed by atoms with Gasteiger partial charge in [0.1, 0.15) is 5.92 Å². The highest BCUT2D eigenvalue weighted by molar-refractivity contribution is 7.10. The molecule has 0 aromatic carbocycles. The van der Waals surface area contributed by atoms with E-state index in [2.05, 4.69) is 0 Å². The summed E-state index contributed by atoms with van der Waals surface area (Å²) < 4.78 is 0. The van der Waals surface area contributed by atoms with E-state index < -0.39 is 5.92 Å². The minimum absolute atomic E-state index is 0.0177. The Morgan fingerprint density at radius 1 is 1.35 bits per heavy atom. The summed E-state index contributed by atoms with van der Waals surface area (Å²) in [6.07, 6.45) is 0.900. The van der Waals surface area contributed by atoms with Crippen LogP contribution in [0.5, 0.6) is 0 Å². The van der Waals surface area contributed by atoms with E-state index >= 15 is 0 Å². The number of carbonyl (C=O) groups excluding carboxylic acids is 3. The lowest BCUT2D eigenvalue weighted by Gasteiger charge is -2.24. The zero-order valence-corrected chi connectivity index (χ0v) is 10.5. The smallest absolute Gasteiger partial charge is 0.151 e. The van der Waals surface area contributed by atoms with Crippen LogP contribution in [-0.4, -0.2) is 17.3 Å². The number of hydrogen-bond acceptors (Lipinski definition) is 4. The topological polar surface area (TPSA) is 51.2 Å². The molecule has 90 valence electrons. The fourth-order valence-corrected chi connectivity index (χ4v) is 3.09. The van der Waals surface area contributed by atoms with E-state index in [1.807, 2.05) is 17.5 Å². The van der Waals surface area contributed by atoms with Gasteiger partial charge in [0.15, 0.2) is 17.3 Å². The number of carbonyl (C=O) groups is 3. The van der Waals surface area contributed by atoms with Crippen molar-refractivity contribution in [2.45, 2.75) is 32.1 Å². The molecular weight excluding hydrogens is 236 g/mol. The van der Waals surface area contributed by atoms with Crippen molar-refractivity contribution in [1.82, 2.24) is 0 Å². The van der Waals surface area contributed by atoms with Crippen molar-refractivity contribution in [3.05, 3.63) is 22.4 Å². The second kappa shape index (κ2) is 4.92. The Kier molecular flexibility index (Phi) is 3.52. The SMILES string of the molecule is CCC(=O)C1C(=O)CC(c2cccs2)CC1=O. The Balaban J connectivity index is 2.16. The molecule has 0 unspecified atom stereocenters. The second-order valence-corrected chi connectivity index (χ2v) is 5.29. The quantitative estimate of drug-likeness (QED) is 0.774. The summed E-state index contributed by atoms with van der Waals surface area (Å²) in [7, 11) is 0. The van der Waals surface area contributed by atoms with Crippen LogP contribution in [-0.2, 0) is 14.4 Å². The van der Waals surface area contributed by atoms with Crippen LogP contribution in [0.1, 0.15) is 37.0 Å². The summed E-state index contributed by atoms with van der Waals surface area (Å²) in [5.74, 6) is -1.63. The Morgan fingerprint density at radius 3 is 2.47 bits per heavy atom. The predicted molar refractivity (Wildman–Crippen MR) is 65.1 cm³/mol. The predicted octanol–water partition coefficient (Wildman–Crippen LogP) is 2.36. The highest BCUT2D eigenvalue weighted by Gasteiger charge is 2.39. The van der Waals surface area contributed by atoms with E-state index in [4.69, 9.17) is 0 Å². The molecule has 1 aromatic rings. The van der Waals surface area contributed by atoms with Crippen molar-refractivity contribution >= 4 is 28.7 Å². The van der Waals surface area contributed by atoms with Gasteiger partial charge >= 0.3 is 0 Å². The first kappa shape index (κ1) is 12.2. The van der Waals surface area contributed by atoms with Crippen molar-refractivity contribution in [3.63, 3.8) is 0 Å². The van der Waals surface area contributed by atoms with Gasteiger partial charge in [-0.3, -0.25) is 14.4 Å². The minimum Gasteiger partial charge on any atom is -0.298 e. The molecule has 0 atom stereocenters. The molecule has 0 amide bonds. The third-order valence-electron chi connectivity index (χ3n) is 3.16. The average molecular weight is 250 g/mol. The van der Waals surface area contributed by atoms with E-state index in [1.54, 1.807) is 18.3 Å². The number of ketones is 3. The lowest BCUT2D eigenvalue weighted by atomic mass is 9.77. The van der Waals surface area contributed by atoms with Crippen molar-refractivity contribution in [1.29, 1.82) is 0 Å². The van der Waals surface area contributed by atoms with Gasteiger partial charge < -0.3 is 0 Å². The first-order chi connectivity index (χ1) is 8.13. The molecule has 1 fully saturated rings. The summed E-state index contributed by atoms with van der Waals surface area (Å²) in [5.41, 5.74) is 0. The van der Waals surface area contributed by atoms with Gasteiger partial charge in [-0.15, -0.1) is 11.3 Å². The van der Waals surface area contributed by atoms with Gasteiger partial charge in [0.25, 0.3) is 0 Å². The monoisotopic (exact) mass is 250 g/mol. The van der Waals surface area contributed by atoms with Gasteiger partial charge in [-0.1, -0.05) is 13.0 Å². The lowest BCUT2D eigenvalue weighted by molar-refractivity contribution is -0.142. The van der Waals surface area contributed by atoms with Gasteiger partial charge in [0.05, 0.1) is 0 Å². The third kappa shape index (κ3) is 2.36. The number of thiophene rings is 1. The maximum absolute atomic E-state index is 11.9. The molecular formula is C13H14O3S. The van der Waals surface area contributed by atoms with Gasteiger partial charge in [0, 0.05) is 30.1 Å². The summed E-state index contributed by atoms with van der Waals surface area (Å²) in [6.45, 7) is 1.69. The van der Waals surface area contributed by atoms with E-state index in [0.29, 0.717) is 12.8 Å². The third-order valence-corrected chi connectivity index (χ3v) is 4.19. The molecule has 0 radical (unpaired) electrons. The van der Waals surface area contributed by atoms with Crippen LogP contribution in [0.25, 0.3) is 0 Å². The Hall–Kier alpha value is -1.29. The number of hydrogen-bond donors (Lipinski definition) is 0. The molecule has 0 bridgehead atoms. The fourth-order valence-electron chi connectivity index (χ4n) is 2.26. The Bertz CT molecular complexity index is 429. The molecule has 1 heterocycles. The minimum atomic E-state index is -0.976. The molecule has 2 rings (SSSR count). The zero-order valence-electron chi connectivity index (χ0n) is 9.64. The normalized spacial score (nSPS) is 25.0. The molecule has 1 aliphatic carbocycles. The molecule has 0 aliphatic heterocycles. The van der Waals surface area contributed by atoms with Crippen LogP contribution in [0.4, 0.5) is 0 Å². The summed E-state index contributed by atoms with van der Waals surface area (Å²) >= 11 is 1.56. The zero-order chi connectivity index (χ0) is 12.4. The molecule has 1 aliphatic rings. The highest BCUT2D eigenvalue weighted by Crippen LogP contribution is 2.34. The summed E-state index contributed by atoms with van der Waals surface area (Å²) in [6, 6.07) is 3.86. The van der Waals surface area contributed by atoms with Crippen LogP contribution >= 0.6 is 11.3 Å². The first-order valence-corrected chi connectivity index (χ1v) is 6.63. The summed E-state index contributed by atoms with van der Waals surface area (Å²) in [5, 5.41) is 1.94. The van der Waals surface area contributed by atoms with Crippen LogP contribution < -0.4 is 0 Å². The molecule has 0 N–H and O–H groups in total. The van der Waals surface area contributed by atoms with E-state index in [-0.39, 0.29) is 29.7 Å². The molecule has 3 nitrogen and oxygen atoms in total. The fraction of sp³-hybridized carbons (Fsp3) is 0.462. The lowest BCUT2D eigenvalue weighted by Crippen LogP contribution is -2.37. The van der Waals surface area contributed by atoms with Gasteiger partial charge in [-0.25, -0.2) is 0 Å². The van der Waals surface area contributed by atoms with Crippen LogP contribution in [0, 0.1) is 5.92 Å². The van der Waals surface area contributed by atoms with Gasteiger partial charge in [0.2, 0.25) is 0 Å². The average Bonchev–Trinajstić information content (AvgIpc) is 2.81.